The molecule has 0 atom stereocenters. The fourth-order valence-corrected chi connectivity index (χ4v) is 5.19. The third kappa shape index (κ3) is 4.25. The van der Waals surface area contributed by atoms with E-state index in [0.717, 1.165) is 59.1 Å². The first-order valence-corrected chi connectivity index (χ1v) is 11.8. The highest BCUT2D eigenvalue weighted by Gasteiger charge is 2.27. The SMILES string of the molecule is COc1cccc(Cc2nc3cccnc3n2C2CCN(C(=O)Cc3cccs3)CC2)c1. The van der Waals surface area contributed by atoms with Crippen molar-refractivity contribution < 1.29 is 9.53 Å². The van der Waals surface area contributed by atoms with Crippen LogP contribution in [-0.4, -0.2) is 45.5 Å². The number of nitrogens with zero attached hydrogens (tertiary/aromatic N) is 4. The summed E-state index contributed by atoms with van der Waals surface area (Å²) in [4.78, 5) is 25.4. The minimum atomic E-state index is 0.219. The van der Waals surface area contributed by atoms with Crippen molar-refractivity contribution in [1.82, 2.24) is 19.4 Å². The van der Waals surface area contributed by atoms with Crippen LogP contribution >= 0.6 is 11.3 Å². The first-order valence-electron chi connectivity index (χ1n) is 11.0. The summed E-state index contributed by atoms with van der Waals surface area (Å²) in [5.41, 5.74) is 3.00. The number of pyridine rings is 1. The molecule has 1 aliphatic heterocycles. The Balaban J connectivity index is 1.36. The molecule has 0 aliphatic carbocycles. The second-order valence-electron chi connectivity index (χ2n) is 8.14. The van der Waals surface area contributed by atoms with Gasteiger partial charge in [0.2, 0.25) is 5.91 Å². The second-order valence-corrected chi connectivity index (χ2v) is 9.17. The summed E-state index contributed by atoms with van der Waals surface area (Å²) >= 11 is 1.64. The molecule has 4 heterocycles. The Bertz CT molecular complexity index is 1210. The van der Waals surface area contributed by atoms with E-state index in [0.29, 0.717) is 12.8 Å². The van der Waals surface area contributed by atoms with Crippen LogP contribution in [0, 0.1) is 0 Å². The number of amides is 1. The molecule has 0 bridgehead atoms. The van der Waals surface area contributed by atoms with Crippen LogP contribution in [0.5, 0.6) is 5.75 Å². The van der Waals surface area contributed by atoms with Gasteiger partial charge in [0.1, 0.15) is 17.1 Å². The third-order valence-electron chi connectivity index (χ3n) is 6.11. The number of aromatic nitrogens is 3. The van der Waals surface area contributed by atoms with Crippen molar-refractivity contribution in [3.8, 4) is 5.75 Å². The van der Waals surface area contributed by atoms with Crippen LogP contribution in [0.4, 0.5) is 0 Å². The molecule has 6 nitrogen and oxygen atoms in total. The maximum Gasteiger partial charge on any atom is 0.227 e. The standard InChI is InChI=1S/C25H26N4O2S/c1-31-20-6-2-5-18(15-20)16-23-27-22-8-3-11-26-25(22)29(23)19-9-12-28(13-10-19)24(30)17-21-7-4-14-32-21/h2-8,11,14-15,19H,9-10,12-13,16-17H2,1H3. The maximum absolute atomic E-state index is 12.7. The van der Waals surface area contributed by atoms with Crippen LogP contribution < -0.4 is 4.74 Å². The van der Waals surface area contributed by atoms with Crippen molar-refractivity contribution in [2.75, 3.05) is 20.2 Å². The predicted molar refractivity (Wildman–Crippen MR) is 126 cm³/mol. The predicted octanol–water partition coefficient (Wildman–Crippen LogP) is 4.50. The van der Waals surface area contributed by atoms with E-state index in [1.807, 2.05) is 52.9 Å². The normalized spacial score (nSPS) is 14.7. The van der Waals surface area contributed by atoms with Gasteiger partial charge in [-0.1, -0.05) is 18.2 Å². The summed E-state index contributed by atoms with van der Waals surface area (Å²) in [5.74, 6) is 2.08. The molecular weight excluding hydrogens is 420 g/mol. The van der Waals surface area contributed by atoms with Crippen LogP contribution in [0.15, 0.2) is 60.1 Å². The zero-order valence-electron chi connectivity index (χ0n) is 18.1. The van der Waals surface area contributed by atoms with E-state index in [2.05, 4.69) is 21.7 Å². The second kappa shape index (κ2) is 9.12. The highest BCUT2D eigenvalue weighted by Crippen LogP contribution is 2.30. The molecule has 1 amide bonds. The van der Waals surface area contributed by atoms with E-state index in [-0.39, 0.29) is 11.9 Å². The van der Waals surface area contributed by atoms with Crippen LogP contribution in [0.25, 0.3) is 11.2 Å². The smallest absolute Gasteiger partial charge is 0.227 e. The molecule has 4 aromatic rings. The number of hydrogen-bond donors (Lipinski definition) is 0. The summed E-state index contributed by atoms with van der Waals surface area (Å²) in [6.45, 7) is 1.53. The quantitative estimate of drug-likeness (QED) is 0.438. The topological polar surface area (TPSA) is 60.3 Å². The third-order valence-corrected chi connectivity index (χ3v) is 6.98. The van der Waals surface area contributed by atoms with Gasteiger partial charge in [-0.05, 0) is 54.1 Å². The molecule has 0 unspecified atom stereocenters. The number of benzene rings is 1. The lowest BCUT2D eigenvalue weighted by atomic mass is 10.0. The molecule has 1 fully saturated rings. The van der Waals surface area contributed by atoms with E-state index in [1.54, 1.807) is 18.4 Å². The Morgan fingerprint density at radius 2 is 2.03 bits per heavy atom. The number of piperidine rings is 1. The largest absolute Gasteiger partial charge is 0.497 e. The number of carbonyl (C=O) groups excluding carboxylic acids is 1. The molecule has 0 N–H and O–H groups in total. The minimum absolute atomic E-state index is 0.219. The number of imidazole rings is 1. The average molecular weight is 447 g/mol. The van der Waals surface area contributed by atoms with Gasteiger partial charge in [-0.2, -0.15) is 0 Å². The van der Waals surface area contributed by atoms with Crippen molar-refractivity contribution in [3.63, 3.8) is 0 Å². The zero-order chi connectivity index (χ0) is 21.9. The number of carbonyl (C=O) groups is 1. The van der Waals surface area contributed by atoms with Crippen molar-refractivity contribution in [2.24, 2.45) is 0 Å². The van der Waals surface area contributed by atoms with Crippen molar-refractivity contribution in [2.45, 2.75) is 31.7 Å². The number of likely N-dealkylation sites (tertiary alicyclic amines) is 1. The van der Waals surface area contributed by atoms with Gasteiger partial charge < -0.3 is 14.2 Å². The lowest BCUT2D eigenvalue weighted by molar-refractivity contribution is -0.131. The van der Waals surface area contributed by atoms with Gasteiger partial charge in [0.05, 0.1) is 13.5 Å². The van der Waals surface area contributed by atoms with Crippen LogP contribution in [0.3, 0.4) is 0 Å². The van der Waals surface area contributed by atoms with Gasteiger partial charge in [-0.25, -0.2) is 9.97 Å². The average Bonchev–Trinajstić information content (AvgIpc) is 3.46. The fourth-order valence-electron chi connectivity index (χ4n) is 4.50. The number of methoxy groups -OCH3 is 1. The Labute approximate surface area is 191 Å². The van der Waals surface area contributed by atoms with Crippen LogP contribution in [-0.2, 0) is 17.6 Å². The Kier molecular flexibility index (Phi) is 5.90. The van der Waals surface area contributed by atoms with Crippen LogP contribution in [0.2, 0.25) is 0 Å². The summed E-state index contributed by atoms with van der Waals surface area (Å²) in [6, 6.07) is 16.4. The van der Waals surface area contributed by atoms with E-state index in [9.17, 15) is 4.79 Å². The number of rotatable bonds is 6. The summed E-state index contributed by atoms with van der Waals surface area (Å²) in [7, 11) is 1.69. The Morgan fingerprint density at radius 3 is 2.81 bits per heavy atom. The van der Waals surface area contributed by atoms with Gasteiger partial charge >= 0.3 is 0 Å². The molecule has 7 heteroatoms. The van der Waals surface area contributed by atoms with E-state index in [1.165, 1.54) is 0 Å². The van der Waals surface area contributed by atoms with E-state index < -0.39 is 0 Å². The van der Waals surface area contributed by atoms with Crippen molar-refractivity contribution in [1.29, 1.82) is 0 Å². The first kappa shape index (κ1) is 20.7. The molecular formula is C25H26N4O2S. The molecule has 0 saturated carbocycles. The molecule has 0 spiro atoms. The van der Waals surface area contributed by atoms with Gasteiger partial charge in [-0.15, -0.1) is 11.3 Å². The Hall–Kier alpha value is -3.19. The molecule has 5 rings (SSSR count). The van der Waals surface area contributed by atoms with E-state index >= 15 is 0 Å². The van der Waals surface area contributed by atoms with Gasteiger partial charge in [0.15, 0.2) is 5.65 Å². The number of ether oxygens (including phenoxy) is 1. The summed E-state index contributed by atoms with van der Waals surface area (Å²) < 4.78 is 7.69. The molecule has 1 aliphatic rings. The molecule has 3 aromatic heterocycles. The van der Waals surface area contributed by atoms with Gasteiger partial charge in [-0.3, -0.25) is 4.79 Å². The number of fused-ring (bicyclic) bond motifs is 1. The van der Waals surface area contributed by atoms with E-state index in [4.69, 9.17) is 9.72 Å². The van der Waals surface area contributed by atoms with Gasteiger partial charge in [0, 0.05) is 36.6 Å². The molecule has 164 valence electrons. The number of thiophene rings is 1. The molecule has 1 aromatic carbocycles. The molecule has 32 heavy (non-hydrogen) atoms. The lowest BCUT2D eigenvalue weighted by Crippen LogP contribution is -2.40. The monoisotopic (exact) mass is 446 g/mol. The fraction of sp³-hybridized carbons (Fsp3) is 0.320. The highest BCUT2D eigenvalue weighted by atomic mass is 32.1. The highest BCUT2D eigenvalue weighted by molar-refractivity contribution is 7.10. The summed E-state index contributed by atoms with van der Waals surface area (Å²) in [6.07, 6.45) is 4.85. The zero-order valence-corrected chi connectivity index (χ0v) is 18.9. The minimum Gasteiger partial charge on any atom is -0.497 e. The molecule has 1 saturated heterocycles. The lowest BCUT2D eigenvalue weighted by Gasteiger charge is -2.33. The molecule has 0 radical (unpaired) electrons. The Morgan fingerprint density at radius 1 is 1.16 bits per heavy atom. The van der Waals surface area contributed by atoms with Crippen molar-refractivity contribution in [3.05, 3.63) is 76.4 Å². The van der Waals surface area contributed by atoms with Crippen molar-refractivity contribution >= 4 is 28.4 Å². The first-order chi connectivity index (χ1) is 15.7. The van der Waals surface area contributed by atoms with Gasteiger partial charge in [0.25, 0.3) is 0 Å². The number of hydrogen-bond acceptors (Lipinski definition) is 5. The van der Waals surface area contributed by atoms with Crippen LogP contribution in [0.1, 0.15) is 35.1 Å². The maximum atomic E-state index is 12.7. The summed E-state index contributed by atoms with van der Waals surface area (Å²) in [5, 5.41) is 2.02.